The number of benzene rings is 1. The molecule has 0 saturated heterocycles. The van der Waals surface area contributed by atoms with Crippen molar-refractivity contribution in [2.45, 2.75) is 26.8 Å². The first kappa shape index (κ1) is 15.0. The molecule has 0 fully saturated rings. The van der Waals surface area contributed by atoms with Crippen molar-refractivity contribution in [2.75, 3.05) is 6.61 Å². The highest BCUT2D eigenvalue weighted by Gasteiger charge is 2.19. The standard InChI is InChI=1S/C16H18N2O3/c1-4-21-16(20)12(3)18-15(19)10-9-14(17-18)13-8-6-5-7-11(13)2/h5-10,12H,4H2,1-3H3/t12-/m1/s1. The normalized spacial score (nSPS) is 12.0. The van der Waals surface area contributed by atoms with Gasteiger partial charge in [0, 0.05) is 11.6 Å². The van der Waals surface area contributed by atoms with Crippen molar-refractivity contribution in [3.8, 4) is 11.3 Å². The van der Waals surface area contributed by atoms with Gasteiger partial charge >= 0.3 is 5.97 Å². The van der Waals surface area contributed by atoms with E-state index in [9.17, 15) is 9.59 Å². The Labute approximate surface area is 123 Å². The Morgan fingerprint density at radius 3 is 2.67 bits per heavy atom. The fourth-order valence-electron chi connectivity index (χ4n) is 2.07. The van der Waals surface area contributed by atoms with Crippen LogP contribution in [-0.4, -0.2) is 22.4 Å². The van der Waals surface area contributed by atoms with Crippen molar-refractivity contribution in [2.24, 2.45) is 0 Å². The molecular weight excluding hydrogens is 268 g/mol. The monoisotopic (exact) mass is 286 g/mol. The SMILES string of the molecule is CCOC(=O)[C@@H](C)n1nc(-c2ccccc2C)ccc1=O. The fraction of sp³-hybridized carbons (Fsp3) is 0.312. The van der Waals surface area contributed by atoms with Crippen LogP contribution >= 0.6 is 0 Å². The summed E-state index contributed by atoms with van der Waals surface area (Å²) in [6.45, 7) is 5.58. The maximum Gasteiger partial charge on any atom is 0.330 e. The van der Waals surface area contributed by atoms with Gasteiger partial charge in [-0.3, -0.25) is 4.79 Å². The average molecular weight is 286 g/mol. The van der Waals surface area contributed by atoms with Gasteiger partial charge in [-0.2, -0.15) is 5.10 Å². The topological polar surface area (TPSA) is 61.2 Å². The number of aryl methyl sites for hydroxylation is 1. The number of carbonyl (C=O) groups is 1. The molecule has 0 spiro atoms. The Hall–Kier alpha value is -2.43. The van der Waals surface area contributed by atoms with E-state index in [1.165, 1.54) is 10.7 Å². The van der Waals surface area contributed by atoms with Crippen molar-refractivity contribution >= 4 is 5.97 Å². The van der Waals surface area contributed by atoms with Crippen molar-refractivity contribution < 1.29 is 9.53 Å². The van der Waals surface area contributed by atoms with E-state index < -0.39 is 12.0 Å². The Morgan fingerprint density at radius 2 is 2.00 bits per heavy atom. The maximum absolute atomic E-state index is 11.9. The fourth-order valence-corrected chi connectivity index (χ4v) is 2.07. The van der Waals surface area contributed by atoms with Crippen molar-refractivity contribution in [1.29, 1.82) is 0 Å². The van der Waals surface area contributed by atoms with Crippen LogP contribution in [0.4, 0.5) is 0 Å². The summed E-state index contributed by atoms with van der Waals surface area (Å²) in [7, 11) is 0. The molecule has 21 heavy (non-hydrogen) atoms. The third kappa shape index (κ3) is 3.18. The second kappa shape index (κ2) is 6.35. The molecule has 1 heterocycles. The van der Waals surface area contributed by atoms with Crippen LogP contribution < -0.4 is 5.56 Å². The molecular formula is C16H18N2O3. The second-order valence-corrected chi connectivity index (χ2v) is 4.74. The molecule has 0 saturated carbocycles. The molecule has 1 atom stereocenters. The molecule has 0 amide bonds. The van der Waals surface area contributed by atoms with Gasteiger partial charge in [0.1, 0.15) is 0 Å². The van der Waals surface area contributed by atoms with E-state index in [4.69, 9.17) is 4.74 Å². The van der Waals surface area contributed by atoms with Crippen molar-refractivity contribution in [3.63, 3.8) is 0 Å². The lowest BCUT2D eigenvalue weighted by molar-refractivity contribution is -0.147. The van der Waals surface area contributed by atoms with Crippen LogP contribution in [0.1, 0.15) is 25.5 Å². The molecule has 0 bridgehead atoms. The molecule has 110 valence electrons. The molecule has 0 unspecified atom stereocenters. The number of hydrogen-bond donors (Lipinski definition) is 0. The number of rotatable bonds is 4. The second-order valence-electron chi connectivity index (χ2n) is 4.74. The Morgan fingerprint density at radius 1 is 1.29 bits per heavy atom. The molecule has 0 radical (unpaired) electrons. The van der Waals surface area contributed by atoms with Gasteiger partial charge in [-0.15, -0.1) is 0 Å². The van der Waals surface area contributed by atoms with E-state index in [0.29, 0.717) is 5.69 Å². The minimum atomic E-state index is -0.749. The smallest absolute Gasteiger partial charge is 0.330 e. The molecule has 2 rings (SSSR count). The molecule has 0 N–H and O–H groups in total. The molecule has 0 aliphatic heterocycles. The molecule has 5 heteroatoms. The van der Waals surface area contributed by atoms with Crippen LogP contribution in [0, 0.1) is 6.92 Å². The van der Waals surface area contributed by atoms with Crippen LogP contribution in [0.25, 0.3) is 11.3 Å². The zero-order valence-corrected chi connectivity index (χ0v) is 12.4. The van der Waals surface area contributed by atoms with Crippen LogP contribution in [0.2, 0.25) is 0 Å². The highest BCUT2D eigenvalue weighted by molar-refractivity contribution is 5.73. The Bertz CT molecular complexity index is 707. The summed E-state index contributed by atoms with van der Waals surface area (Å²) in [6, 6.07) is 10.1. The Balaban J connectivity index is 2.45. The van der Waals surface area contributed by atoms with Gasteiger partial charge in [0.15, 0.2) is 6.04 Å². The van der Waals surface area contributed by atoms with E-state index in [0.717, 1.165) is 11.1 Å². The third-order valence-electron chi connectivity index (χ3n) is 3.24. The first-order valence-corrected chi connectivity index (χ1v) is 6.87. The predicted octanol–water partition coefficient (Wildman–Crippen LogP) is 2.34. The molecule has 1 aromatic heterocycles. The summed E-state index contributed by atoms with van der Waals surface area (Å²) >= 11 is 0. The van der Waals surface area contributed by atoms with Gasteiger partial charge in [0.05, 0.1) is 12.3 Å². The Kier molecular flexibility index (Phi) is 4.52. The quantitative estimate of drug-likeness (QED) is 0.809. The van der Waals surface area contributed by atoms with Crippen LogP contribution in [0.3, 0.4) is 0 Å². The average Bonchev–Trinajstić information content (AvgIpc) is 2.48. The summed E-state index contributed by atoms with van der Waals surface area (Å²) in [4.78, 5) is 23.7. The van der Waals surface area contributed by atoms with Gasteiger partial charge in [-0.05, 0) is 32.4 Å². The number of nitrogens with zero attached hydrogens (tertiary/aromatic N) is 2. The van der Waals surface area contributed by atoms with Gasteiger partial charge in [-0.25, -0.2) is 9.48 Å². The summed E-state index contributed by atoms with van der Waals surface area (Å²) in [6.07, 6.45) is 0. The highest BCUT2D eigenvalue weighted by atomic mass is 16.5. The summed E-state index contributed by atoms with van der Waals surface area (Å²) in [5.41, 5.74) is 2.32. The number of carbonyl (C=O) groups excluding carboxylic acids is 1. The highest BCUT2D eigenvalue weighted by Crippen LogP contribution is 2.20. The maximum atomic E-state index is 11.9. The molecule has 0 aliphatic carbocycles. The number of hydrogen-bond acceptors (Lipinski definition) is 4. The summed E-state index contributed by atoms with van der Waals surface area (Å²) in [5.74, 6) is -0.464. The largest absolute Gasteiger partial charge is 0.464 e. The minimum Gasteiger partial charge on any atom is -0.464 e. The van der Waals surface area contributed by atoms with E-state index in [1.807, 2.05) is 31.2 Å². The third-order valence-corrected chi connectivity index (χ3v) is 3.24. The molecule has 2 aromatic rings. The van der Waals surface area contributed by atoms with Gasteiger partial charge < -0.3 is 4.74 Å². The van der Waals surface area contributed by atoms with Gasteiger partial charge in [-0.1, -0.05) is 24.3 Å². The molecule has 5 nitrogen and oxygen atoms in total. The lowest BCUT2D eigenvalue weighted by Crippen LogP contribution is -2.31. The first-order valence-electron chi connectivity index (χ1n) is 6.87. The van der Waals surface area contributed by atoms with Crippen LogP contribution in [-0.2, 0) is 9.53 Å². The van der Waals surface area contributed by atoms with Crippen molar-refractivity contribution in [1.82, 2.24) is 9.78 Å². The number of aromatic nitrogens is 2. The van der Waals surface area contributed by atoms with E-state index in [2.05, 4.69) is 5.10 Å². The zero-order valence-electron chi connectivity index (χ0n) is 12.4. The first-order chi connectivity index (χ1) is 10.0. The summed E-state index contributed by atoms with van der Waals surface area (Å²) < 4.78 is 6.11. The zero-order chi connectivity index (χ0) is 15.4. The number of esters is 1. The van der Waals surface area contributed by atoms with E-state index >= 15 is 0 Å². The lowest BCUT2D eigenvalue weighted by atomic mass is 10.1. The van der Waals surface area contributed by atoms with Gasteiger partial charge in [0.25, 0.3) is 5.56 Å². The number of ether oxygens (including phenoxy) is 1. The van der Waals surface area contributed by atoms with Crippen molar-refractivity contribution in [3.05, 3.63) is 52.3 Å². The predicted molar refractivity (Wildman–Crippen MR) is 80.0 cm³/mol. The van der Waals surface area contributed by atoms with Gasteiger partial charge in [0.2, 0.25) is 0 Å². The minimum absolute atomic E-state index is 0.273. The van der Waals surface area contributed by atoms with E-state index in [1.54, 1.807) is 19.9 Å². The lowest BCUT2D eigenvalue weighted by Gasteiger charge is -2.14. The van der Waals surface area contributed by atoms with Crippen LogP contribution in [0.15, 0.2) is 41.2 Å². The van der Waals surface area contributed by atoms with E-state index in [-0.39, 0.29) is 12.2 Å². The summed E-state index contributed by atoms with van der Waals surface area (Å²) in [5, 5.41) is 4.31. The van der Waals surface area contributed by atoms with Crippen LogP contribution in [0.5, 0.6) is 0 Å². The molecule has 0 aliphatic rings. The molecule has 1 aromatic carbocycles.